The van der Waals surface area contributed by atoms with Gasteiger partial charge in [-0.05, 0) is 36.8 Å². The van der Waals surface area contributed by atoms with Gasteiger partial charge in [-0.1, -0.05) is 30.3 Å². The van der Waals surface area contributed by atoms with Crippen LogP contribution in [0.2, 0.25) is 0 Å². The number of hydrogen-bond donors (Lipinski definition) is 2. The number of amides is 1. The third kappa shape index (κ3) is 3.70. The molecule has 30 heavy (non-hydrogen) atoms. The predicted molar refractivity (Wildman–Crippen MR) is 113 cm³/mol. The molecule has 2 aromatic heterocycles. The number of phenols is 1. The second-order valence-corrected chi connectivity index (χ2v) is 6.57. The molecule has 0 aliphatic carbocycles. The summed E-state index contributed by atoms with van der Waals surface area (Å²) in [4.78, 5) is 17.3. The minimum atomic E-state index is -0.427. The highest BCUT2D eigenvalue weighted by atomic mass is 16.5. The summed E-state index contributed by atoms with van der Waals surface area (Å²) < 4.78 is 6.68. The minimum Gasteiger partial charge on any atom is -0.504 e. The van der Waals surface area contributed by atoms with E-state index in [1.54, 1.807) is 16.6 Å². The van der Waals surface area contributed by atoms with Gasteiger partial charge in [0.15, 0.2) is 17.1 Å². The van der Waals surface area contributed by atoms with E-state index < -0.39 is 5.91 Å². The van der Waals surface area contributed by atoms with Crippen molar-refractivity contribution in [2.45, 2.75) is 6.92 Å². The number of aromatic nitrogens is 3. The third-order valence-electron chi connectivity index (χ3n) is 4.55. The average molecular weight is 401 g/mol. The number of benzene rings is 2. The average Bonchev–Trinajstić information content (AvgIpc) is 3.20. The molecule has 8 nitrogen and oxygen atoms in total. The van der Waals surface area contributed by atoms with Crippen molar-refractivity contribution >= 4 is 17.8 Å². The Balaban J connectivity index is 1.60. The smallest absolute Gasteiger partial charge is 0.276 e. The van der Waals surface area contributed by atoms with Crippen LogP contribution in [0.5, 0.6) is 11.5 Å². The zero-order valence-corrected chi connectivity index (χ0v) is 16.4. The first kappa shape index (κ1) is 19.1. The monoisotopic (exact) mass is 401 g/mol. The summed E-state index contributed by atoms with van der Waals surface area (Å²) in [6, 6.07) is 16.4. The minimum absolute atomic E-state index is 0.0284. The van der Waals surface area contributed by atoms with E-state index in [0.29, 0.717) is 22.5 Å². The highest BCUT2D eigenvalue weighted by Gasteiger charge is 2.16. The van der Waals surface area contributed by atoms with Gasteiger partial charge in [0.05, 0.1) is 25.2 Å². The number of carbonyl (C=O) groups is 1. The third-order valence-corrected chi connectivity index (χ3v) is 4.55. The van der Waals surface area contributed by atoms with Crippen molar-refractivity contribution in [2.75, 3.05) is 7.11 Å². The van der Waals surface area contributed by atoms with E-state index in [2.05, 4.69) is 20.6 Å². The molecule has 0 spiro atoms. The molecule has 150 valence electrons. The van der Waals surface area contributed by atoms with Gasteiger partial charge in [-0.25, -0.2) is 14.9 Å². The van der Waals surface area contributed by atoms with Crippen molar-refractivity contribution in [3.63, 3.8) is 0 Å². The number of carbonyl (C=O) groups excluding carboxylic acids is 1. The van der Waals surface area contributed by atoms with Crippen LogP contribution in [-0.4, -0.2) is 38.9 Å². The SMILES string of the molecule is COc1cc(/C=N/NC(=O)c2cnn3c(C)cc(-c4ccccc4)nc23)ccc1O. The summed E-state index contributed by atoms with van der Waals surface area (Å²) >= 11 is 0. The molecule has 4 aromatic rings. The molecule has 0 saturated carbocycles. The molecule has 0 aliphatic heterocycles. The molecular weight excluding hydrogens is 382 g/mol. The summed E-state index contributed by atoms with van der Waals surface area (Å²) in [5.74, 6) is -0.0779. The van der Waals surface area contributed by atoms with E-state index in [1.807, 2.05) is 43.3 Å². The van der Waals surface area contributed by atoms with Gasteiger partial charge >= 0.3 is 0 Å². The first-order valence-electron chi connectivity index (χ1n) is 9.18. The Morgan fingerprint density at radius 1 is 1.20 bits per heavy atom. The molecule has 1 amide bonds. The molecule has 0 fully saturated rings. The maximum absolute atomic E-state index is 12.7. The molecule has 2 N–H and O–H groups in total. The summed E-state index contributed by atoms with van der Waals surface area (Å²) in [5.41, 5.74) is 6.49. The topological polar surface area (TPSA) is 101 Å². The molecule has 0 saturated heterocycles. The van der Waals surface area contributed by atoms with Crippen LogP contribution < -0.4 is 10.2 Å². The van der Waals surface area contributed by atoms with Crippen LogP contribution in [0.3, 0.4) is 0 Å². The van der Waals surface area contributed by atoms with E-state index in [9.17, 15) is 9.90 Å². The van der Waals surface area contributed by atoms with E-state index in [0.717, 1.165) is 17.0 Å². The van der Waals surface area contributed by atoms with Crippen molar-refractivity contribution in [3.8, 4) is 22.8 Å². The van der Waals surface area contributed by atoms with Gasteiger partial charge < -0.3 is 9.84 Å². The predicted octanol–water partition coefficient (Wildman–Crippen LogP) is 3.18. The molecule has 0 unspecified atom stereocenters. The number of hydrogen-bond acceptors (Lipinski definition) is 6. The number of hydrazone groups is 1. The maximum Gasteiger partial charge on any atom is 0.276 e. The number of phenolic OH excluding ortho intramolecular Hbond substituents is 1. The maximum atomic E-state index is 12.7. The molecule has 2 heterocycles. The summed E-state index contributed by atoms with van der Waals surface area (Å²) in [6.07, 6.45) is 2.93. The van der Waals surface area contributed by atoms with Crippen LogP contribution in [0.25, 0.3) is 16.9 Å². The molecule has 8 heteroatoms. The molecule has 0 bridgehead atoms. The first-order valence-corrected chi connectivity index (χ1v) is 9.18. The lowest BCUT2D eigenvalue weighted by Gasteiger charge is -2.06. The molecule has 0 radical (unpaired) electrons. The Kier molecular flexibility index (Phi) is 5.13. The Morgan fingerprint density at radius 3 is 2.77 bits per heavy atom. The van der Waals surface area contributed by atoms with Gasteiger partial charge in [-0.2, -0.15) is 10.2 Å². The Morgan fingerprint density at radius 2 is 2.00 bits per heavy atom. The van der Waals surface area contributed by atoms with Crippen LogP contribution >= 0.6 is 0 Å². The van der Waals surface area contributed by atoms with E-state index in [4.69, 9.17) is 4.74 Å². The van der Waals surface area contributed by atoms with Crippen molar-refractivity contribution in [3.05, 3.63) is 77.6 Å². The fourth-order valence-electron chi connectivity index (χ4n) is 3.03. The van der Waals surface area contributed by atoms with Crippen LogP contribution in [0, 0.1) is 6.92 Å². The van der Waals surface area contributed by atoms with Crippen molar-refractivity contribution in [1.82, 2.24) is 20.0 Å². The van der Waals surface area contributed by atoms with Crippen LogP contribution in [0.4, 0.5) is 0 Å². The van der Waals surface area contributed by atoms with Crippen LogP contribution in [0.15, 0.2) is 65.9 Å². The molecule has 0 aliphatic rings. The first-order chi connectivity index (χ1) is 14.6. The number of fused-ring (bicyclic) bond motifs is 1. The fraction of sp³-hybridized carbons (Fsp3) is 0.0909. The number of ether oxygens (including phenoxy) is 1. The summed E-state index contributed by atoms with van der Waals surface area (Å²) in [7, 11) is 1.46. The molecule has 4 rings (SSSR count). The molecule has 0 atom stereocenters. The number of rotatable bonds is 5. The zero-order valence-electron chi connectivity index (χ0n) is 16.4. The molecular formula is C22H19N5O3. The van der Waals surface area contributed by atoms with E-state index in [1.165, 1.54) is 25.6 Å². The van der Waals surface area contributed by atoms with Crippen molar-refractivity contribution in [1.29, 1.82) is 0 Å². The Labute approximate surface area is 172 Å². The second kappa shape index (κ2) is 8.04. The van der Waals surface area contributed by atoms with Gasteiger partial charge in [0.1, 0.15) is 5.56 Å². The van der Waals surface area contributed by atoms with Gasteiger partial charge in [0.25, 0.3) is 5.91 Å². The summed E-state index contributed by atoms with van der Waals surface area (Å²) in [5, 5.41) is 17.9. The number of aryl methyl sites for hydroxylation is 1. The lowest BCUT2D eigenvalue weighted by atomic mass is 10.1. The largest absolute Gasteiger partial charge is 0.504 e. The van der Waals surface area contributed by atoms with Crippen molar-refractivity contribution in [2.24, 2.45) is 5.10 Å². The Bertz CT molecular complexity index is 1250. The van der Waals surface area contributed by atoms with Gasteiger partial charge in [-0.15, -0.1) is 0 Å². The zero-order chi connectivity index (χ0) is 21.1. The normalized spacial score (nSPS) is 11.1. The highest BCUT2D eigenvalue weighted by Crippen LogP contribution is 2.25. The fourth-order valence-corrected chi connectivity index (χ4v) is 3.03. The standard InChI is InChI=1S/C22H19N5O3/c1-14-10-18(16-6-4-3-5-7-16)25-21-17(13-24-27(14)21)22(29)26-23-12-15-8-9-19(28)20(11-15)30-2/h3-13,28H,1-2H3,(H,26,29)/b23-12+. The lowest BCUT2D eigenvalue weighted by molar-refractivity contribution is 0.0956. The number of aromatic hydroxyl groups is 1. The van der Waals surface area contributed by atoms with Crippen molar-refractivity contribution < 1.29 is 14.6 Å². The number of nitrogens with one attached hydrogen (secondary N) is 1. The number of nitrogens with zero attached hydrogens (tertiary/aromatic N) is 4. The number of methoxy groups -OCH3 is 1. The van der Waals surface area contributed by atoms with Crippen LogP contribution in [0.1, 0.15) is 21.6 Å². The lowest BCUT2D eigenvalue weighted by Crippen LogP contribution is -2.17. The van der Waals surface area contributed by atoms with E-state index >= 15 is 0 Å². The second-order valence-electron chi connectivity index (χ2n) is 6.57. The Hall–Kier alpha value is -4.20. The highest BCUT2D eigenvalue weighted by molar-refractivity contribution is 6.00. The van der Waals surface area contributed by atoms with Gasteiger partial charge in [-0.3, -0.25) is 4.79 Å². The quantitative estimate of drug-likeness (QED) is 0.395. The van der Waals surface area contributed by atoms with Crippen LogP contribution in [-0.2, 0) is 0 Å². The van der Waals surface area contributed by atoms with Gasteiger partial charge in [0, 0.05) is 11.3 Å². The summed E-state index contributed by atoms with van der Waals surface area (Å²) in [6.45, 7) is 1.91. The molecule has 2 aromatic carbocycles. The van der Waals surface area contributed by atoms with Gasteiger partial charge in [0.2, 0.25) is 0 Å². The van der Waals surface area contributed by atoms with E-state index in [-0.39, 0.29) is 5.75 Å².